The second-order valence-corrected chi connectivity index (χ2v) is 4.56. The average molecular weight is 282 g/mol. The first-order valence-corrected chi connectivity index (χ1v) is 5.92. The number of fused-ring (bicyclic) bond motifs is 1. The minimum Gasteiger partial charge on any atom is -0.394 e. The van der Waals surface area contributed by atoms with Crippen molar-refractivity contribution in [3.63, 3.8) is 0 Å². The van der Waals surface area contributed by atoms with Crippen molar-refractivity contribution in [1.29, 1.82) is 0 Å². The van der Waals surface area contributed by atoms with Crippen molar-refractivity contribution in [2.75, 3.05) is 18.1 Å². The molecule has 1 saturated heterocycles. The number of aromatic amines is 1. The summed E-state index contributed by atoms with van der Waals surface area (Å²) >= 11 is 0. The van der Waals surface area contributed by atoms with E-state index in [1.807, 2.05) is 0 Å². The van der Waals surface area contributed by atoms with Gasteiger partial charge in [0.15, 0.2) is 11.3 Å². The fraction of sp³-hybridized carbons (Fsp3) is 0.500. The normalized spacial score (nSPS) is 30.1. The molecule has 3 rings (SSSR count). The third kappa shape index (κ3) is 1.78. The third-order valence-electron chi connectivity index (χ3n) is 3.30. The molecule has 4 atom stereocenters. The molecule has 8 N–H and O–H groups in total. The van der Waals surface area contributed by atoms with Gasteiger partial charge >= 0.3 is 0 Å². The van der Waals surface area contributed by atoms with E-state index in [1.54, 1.807) is 0 Å². The fourth-order valence-corrected chi connectivity index (χ4v) is 2.29. The summed E-state index contributed by atoms with van der Waals surface area (Å²) in [5.74, 6) is 0.0612. The Balaban J connectivity index is 2.07. The van der Waals surface area contributed by atoms with E-state index >= 15 is 0 Å². The van der Waals surface area contributed by atoms with E-state index in [1.165, 1.54) is 0 Å². The molecule has 2 aromatic rings. The van der Waals surface area contributed by atoms with Crippen LogP contribution in [0.1, 0.15) is 11.8 Å². The minimum absolute atomic E-state index is 0.0376. The molecule has 1 fully saturated rings. The Morgan fingerprint density at radius 1 is 1.15 bits per heavy atom. The number of ether oxygens (including phenoxy) is 1. The molecule has 0 spiro atoms. The first-order valence-electron chi connectivity index (χ1n) is 5.92. The molecule has 0 amide bonds. The van der Waals surface area contributed by atoms with Gasteiger partial charge < -0.3 is 31.5 Å². The zero-order valence-electron chi connectivity index (χ0n) is 10.3. The molecule has 2 aromatic heterocycles. The molecular formula is C10H14N6O4. The highest BCUT2D eigenvalue weighted by Crippen LogP contribution is 2.35. The maximum atomic E-state index is 9.99. The molecule has 0 aliphatic carbocycles. The first-order chi connectivity index (χ1) is 9.52. The van der Waals surface area contributed by atoms with Gasteiger partial charge in [0.1, 0.15) is 29.9 Å². The molecule has 3 heterocycles. The Labute approximate surface area is 112 Å². The van der Waals surface area contributed by atoms with Gasteiger partial charge in [0.2, 0.25) is 5.95 Å². The van der Waals surface area contributed by atoms with Crippen molar-refractivity contribution < 1.29 is 20.1 Å². The monoisotopic (exact) mass is 282 g/mol. The van der Waals surface area contributed by atoms with Crippen molar-refractivity contribution in [1.82, 2.24) is 20.2 Å². The van der Waals surface area contributed by atoms with Crippen LogP contribution in [0, 0.1) is 0 Å². The number of rotatable bonds is 2. The summed E-state index contributed by atoms with van der Waals surface area (Å²) in [4.78, 5) is 7.79. The Hall–Kier alpha value is -2.01. The lowest BCUT2D eigenvalue weighted by atomic mass is 10.1. The second kappa shape index (κ2) is 4.52. The van der Waals surface area contributed by atoms with Crippen molar-refractivity contribution in [3.8, 4) is 0 Å². The predicted octanol–water partition coefficient (Wildman–Crippen LogP) is -2.33. The molecular weight excluding hydrogens is 268 g/mol. The van der Waals surface area contributed by atoms with Gasteiger partial charge in [0.05, 0.1) is 12.3 Å². The summed E-state index contributed by atoms with van der Waals surface area (Å²) in [6.45, 7) is -0.417. The minimum atomic E-state index is -1.23. The topological polar surface area (TPSA) is 176 Å². The van der Waals surface area contributed by atoms with Crippen LogP contribution in [-0.4, -0.2) is 60.4 Å². The summed E-state index contributed by atoms with van der Waals surface area (Å²) in [6, 6.07) is 0. The van der Waals surface area contributed by atoms with Gasteiger partial charge in [-0.15, -0.1) is 0 Å². The summed E-state index contributed by atoms with van der Waals surface area (Å²) in [6.07, 6.45) is -4.24. The van der Waals surface area contributed by atoms with Crippen LogP contribution in [-0.2, 0) is 4.74 Å². The largest absolute Gasteiger partial charge is 0.394 e. The number of hydrogen-bond acceptors (Lipinski definition) is 9. The predicted molar refractivity (Wildman–Crippen MR) is 67.2 cm³/mol. The highest BCUT2D eigenvalue weighted by atomic mass is 16.6. The van der Waals surface area contributed by atoms with Gasteiger partial charge in [-0.2, -0.15) is 10.1 Å². The zero-order valence-corrected chi connectivity index (χ0v) is 10.3. The standard InChI is InChI=1S/C10H14N6O4/c11-9-5-3(13-10(12)14-9)4(15-16-5)8-7(19)6(18)2(1-17)20-8/h2,6-8,17-19H,1H2,(H,15,16)(H4,11,12,13,14)/t2-,6-,7-,8?/m1/s1. The Morgan fingerprint density at radius 2 is 1.90 bits per heavy atom. The van der Waals surface area contributed by atoms with Crippen LogP contribution >= 0.6 is 0 Å². The van der Waals surface area contributed by atoms with E-state index in [2.05, 4.69) is 20.2 Å². The number of aromatic nitrogens is 4. The van der Waals surface area contributed by atoms with Crippen LogP contribution in [0.2, 0.25) is 0 Å². The molecule has 0 aromatic carbocycles. The van der Waals surface area contributed by atoms with E-state index < -0.39 is 31.0 Å². The van der Waals surface area contributed by atoms with Gasteiger partial charge in [-0.25, -0.2) is 4.98 Å². The van der Waals surface area contributed by atoms with Crippen LogP contribution in [0.3, 0.4) is 0 Å². The van der Waals surface area contributed by atoms with Crippen LogP contribution in [0.25, 0.3) is 11.0 Å². The van der Waals surface area contributed by atoms with E-state index in [4.69, 9.17) is 21.3 Å². The van der Waals surface area contributed by atoms with Crippen LogP contribution in [0.15, 0.2) is 0 Å². The number of nitrogens with one attached hydrogen (secondary N) is 1. The molecule has 0 saturated carbocycles. The number of aliphatic hydroxyl groups excluding tert-OH is 3. The zero-order chi connectivity index (χ0) is 14.4. The van der Waals surface area contributed by atoms with E-state index in [9.17, 15) is 10.2 Å². The summed E-state index contributed by atoms with van der Waals surface area (Å²) < 4.78 is 5.40. The lowest BCUT2D eigenvalue weighted by Gasteiger charge is -2.12. The van der Waals surface area contributed by atoms with E-state index in [0.29, 0.717) is 16.7 Å². The summed E-state index contributed by atoms with van der Waals surface area (Å²) in [5.41, 5.74) is 12.1. The highest BCUT2D eigenvalue weighted by Gasteiger charge is 2.44. The molecule has 1 aliphatic rings. The SMILES string of the molecule is Nc1nc(N)c2n[nH]c(C3O[C@H](CO)[C@@H](O)[C@H]3O)c2n1. The first kappa shape index (κ1) is 13.0. The Morgan fingerprint density at radius 3 is 2.55 bits per heavy atom. The van der Waals surface area contributed by atoms with Gasteiger partial charge in [-0.3, -0.25) is 5.10 Å². The van der Waals surface area contributed by atoms with Crippen molar-refractivity contribution in [2.45, 2.75) is 24.4 Å². The molecule has 1 unspecified atom stereocenters. The lowest BCUT2D eigenvalue weighted by Crippen LogP contribution is -2.32. The number of nitrogens with zero attached hydrogens (tertiary/aromatic N) is 3. The van der Waals surface area contributed by atoms with E-state index in [-0.39, 0.29) is 11.8 Å². The molecule has 0 bridgehead atoms. The lowest BCUT2D eigenvalue weighted by molar-refractivity contribution is -0.0236. The molecule has 0 radical (unpaired) electrons. The van der Waals surface area contributed by atoms with Crippen molar-refractivity contribution >= 4 is 22.8 Å². The maximum absolute atomic E-state index is 9.99. The van der Waals surface area contributed by atoms with Gasteiger partial charge in [-0.05, 0) is 0 Å². The number of H-pyrrole nitrogens is 1. The number of hydrogen-bond donors (Lipinski definition) is 6. The van der Waals surface area contributed by atoms with Crippen LogP contribution < -0.4 is 11.5 Å². The van der Waals surface area contributed by atoms with Crippen LogP contribution in [0.5, 0.6) is 0 Å². The maximum Gasteiger partial charge on any atom is 0.222 e. The Bertz CT molecular complexity index is 646. The molecule has 10 nitrogen and oxygen atoms in total. The third-order valence-corrected chi connectivity index (χ3v) is 3.30. The smallest absolute Gasteiger partial charge is 0.222 e. The quantitative estimate of drug-likeness (QED) is 0.352. The van der Waals surface area contributed by atoms with E-state index in [0.717, 1.165) is 0 Å². The van der Waals surface area contributed by atoms with Gasteiger partial charge in [-0.1, -0.05) is 0 Å². The van der Waals surface area contributed by atoms with Crippen molar-refractivity contribution in [3.05, 3.63) is 5.69 Å². The molecule has 10 heteroatoms. The number of nitrogen functional groups attached to an aromatic ring is 2. The molecule has 1 aliphatic heterocycles. The second-order valence-electron chi connectivity index (χ2n) is 4.56. The summed E-state index contributed by atoms with van der Waals surface area (Å²) in [5, 5.41) is 35.4. The number of anilines is 2. The highest BCUT2D eigenvalue weighted by molar-refractivity contribution is 5.87. The molecule has 108 valence electrons. The fourth-order valence-electron chi connectivity index (χ4n) is 2.29. The van der Waals surface area contributed by atoms with Crippen LogP contribution in [0.4, 0.5) is 11.8 Å². The number of nitrogens with two attached hydrogens (primary N) is 2. The van der Waals surface area contributed by atoms with Gasteiger partial charge in [0.25, 0.3) is 0 Å². The van der Waals surface area contributed by atoms with Gasteiger partial charge in [0, 0.05) is 0 Å². The average Bonchev–Trinajstić information content (AvgIpc) is 2.93. The number of aliphatic hydroxyl groups is 3. The Kier molecular flexibility index (Phi) is 2.94. The summed E-state index contributed by atoms with van der Waals surface area (Å²) in [7, 11) is 0. The molecule has 20 heavy (non-hydrogen) atoms. The van der Waals surface area contributed by atoms with Crippen molar-refractivity contribution in [2.24, 2.45) is 0 Å².